The zero-order chi connectivity index (χ0) is 12.4. The van der Waals surface area contributed by atoms with Crippen LogP contribution >= 0.6 is 0 Å². The number of hydrogen-bond acceptors (Lipinski definition) is 6. The van der Waals surface area contributed by atoms with E-state index in [1.54, 1.807) is 24.3 Å². The Balaban J connectivity index is 1.82. The van der Waals surface area contributed by atoms with E-state index in [0.717, 1.165) is 12.1 Å². The molecule has 0 radical (unpaired) electrons. The summed E-state index contributed by atoms with van der Waals surface area (Å²) in [7, 11) is 0. The molecule has 3 rings (SSSR count). The van der Waals surface area contributed by atoms with Gasteiger partial charge < -0.3 is 19.7 Å². The number of nitrogens with one attached hydrogen (secondary N) is 1. The molecule has 0 aliphatic carbocycles. The minimum atomic E-state index is -0.0443. The fourth-order valence-electron chi connectivity index (χ4n) is 1.83. The number of phenols is 1. The maximum Gasteiger partial charge on any atom is 0.246 e. The van der Waals surface area contributed by atoms with Crippen molar-refractivity contribution in [2.75, 3.05) is 19.8 Å². The summed E-state index contributed by atoms with van der Waals surface area (Å²) in [5.74, 6) is 1.25. The molecule has 2 heterocycles. The lowest BCUT2D eigenvalue weighted by Gasteiger charge is -2.20. The van der Waals surface area contributed by atoms with Gasteiger partial charge in [-0.25, -0.2) is 0 Å². The second kappa shape index (κ2) is 4.75. The summed E-state index contributed by atoms with van der Waals surface area (Å²) in [5.41, 5.74) is 0.805. The van der Waals surface area contributed by atoms with E-state index in [4.69, 9.17) is 9.26 Å². The molecule has 0 amide bonds. The molecule has 0 spiro atoms. The fourth-order valence-corrected chi connectivity index (χ4v) is 1.83. The van der Waals surface area contributed by atoms with Gasteiger partial charge in [0.1, 0.15) is 11.8 Å². The number of phenolic OH excluding ortho intramolecular Hbond substituents is 1. The van der Waals surface area contributed by atoms with E-state index in [0.29, 0.717) is 24.9 Å². The lowest BCUT2D eigenvalue weighted by atomic mass is 10.2. The molecule has 18 heavy (non-hydrogen) atoms. The van der Waals surface area contributed by atoms with Crippen molar-refractivity contribution in [3.05, 3.63) is 30.2 Å². The van der Waals surface area contributed by atoms with Crippen molar-refractivity contribution in [2.45, 2.75) is 6.04 Å². The van der Waals surface area contributed by atoms with Gasteiger partial charge in [-0.1, -0.05) is 5.16 Å². The molecule has 1 aromatic heterocycles. The highest BCUT2D eigenvalue weighted by Crippen LogP contribution is 2.21. The average molecular weight is 247 g/mol. The van der Waals surface area contributed by atoms with Crippen LogP contribution in [0.2, 0.25) is 0 Å². The maximum atomic E-state index is 9.22. The summed E-state index contributed by atoms with van der Waals surface area (Å²) in [6, 6.07) is 6.63. The molecule has 2 N–H and O–H groups in total. The number of hydrogen-bond donors (Lipinski definition) is 2. The van der Waals surface area contributed by atoms with Gasteiger partial charge in [0, 0.05) is 12.1 Å². The number of ether oxygens (including phenoxy) is 1. The molecule has 1 saturated heterocycles. The van der Waals surface area contributed by atoms with E-state index in [-0.39, 0.29) is 11.8 Å². The van der Waals surface area contributed by atoms with E-state index in [9.17, 15) is 5.11 Å². The standard InChI is InChI=1S/C12H13N3O3/c16-9-3-1-8(2-4-9)11-14-12(18-15-11)10-7-17-6-5-13-10/h1-4,10,13,16H,5-7H2. The Labute approximate surface area is 104 Å². The van der Waals surface area contributed by atoms with Crippen LogP contribution in [0.3, 0.4) is 0 Å². The van der Waals surface area contributed by atoms with Crippen LogP contribution in [0.4, 0.5) is 0 Å². The summed E-state index contributed by atoms with van der Waals surface area (Å²) in [6.45, 7) is 2.02. The van der Waals surface area contributed by atoms with Crippen molar-refractivity contribution in [2.24, 2.45) is 0 Å². The first-order valence-corrected chi connectivity index (χ1v) is 5.77. The van der Waals surface area contributed by atoms with Gasteiger partial charge in [-0.05, 0) is 24.3 Å². The van der Waals surface area contributed by atoms with Crippen LogP contribution < -0.4 is 5.32 Å². The van der Waals surface area contributed by atoms with Crippen LogP contribution in [0.5, 0.6) is 5.75 Å². The van der Waals surface area contributed by atoms with Crippen LogP contribution in [-0.2, 0) is 4.74 Å². The van der Waals surface area contributed by atoms with Gasteiger partial charge in [0.15, 0.2) is 0 Å². The maximum absolute atomic E-state index is 9.22. The van der Waals surface area contributed by atoms with Crippen LogP contribution in [0, 0.1) is 0 Å². The van der Waals surface area contributed by atoms with E-state index in [1.165, 1.54) is 0 Å². The summed E-state index contributed by atoms with van der Waals surface area (Å²) in [4.78, 5) is 4.33. The lowest BCUT2D eigenvalue weighted by molar-refractivity contribution is 0.0659. The van der Waals surface area contributed by atoms with Crippen molar-refractivity contribution in [1.29, 1.82) is 0 Å². The van der Waals surface area contributed by atoms with E-state index in [2.05, 4.69) is 15.5 Å². The van der Waals surface area contributed by atoms with Gasteiger partial charge in [0.2, 0.25) is 11.7 Å². The van der Waals surface area contributed by atoms with Crippen molar-refractivity contribution in [3.8, 4) is 17.1 Å². The zero-order valence-electron chi connectivity index (χ0n) is 9.67. The molecule has 1 aliphatic heterocycles. The highest BCUT2D eigenvalue weighted by molar-refractivity contribution is 5.55. The van der Waals surface area contributed by atoms with Crippen LogP contribution in [0.15, 0.2) is 28.8 Å². The Morgan fingerprint density at radius 1 is 1.28 bits per heavy atom. The Bertz CT molecular complexity index is 518. The molecule has 6 nitrogen and oxygen atoms in total. The summed E-state index contributed by atoms with van der Waals surface area (Å²) in [6.07, 6.45) is 0. The fraction of sp³-hybridized carbons (Fsp3) is 0.333. The molecule has 1 fully saturated rings. The largest absolute Gasteiger partial charge is 0.508 e. The summed E-state index contributed by atoms with van der Waals surface area (Å²) in [5, 5.41) is 16.4. The monoisotopic (exact) mass is 247 g/mol. The Morgan fingerprint density at radius 3 is 2.83 bits per heavy atom. The molecular weight excluding hydrogens is 234 g/mol. The first-order valence-electron chi connectivity index (χ1n) is 5.77. The third-order valence-corrected chi connectivity index (χ3v) is 2.79. The molecular formula is C12H13N3O3. The number of morpholine rings is 1. The minimum Gasteiger partial charge on any atom is -0.508 e. The van der Waals surface area contributed by atoms with Gasteiger partial charge in [0.25, 0.3) is 0 Å². The lowest BCUT2D eigenvalue weighted by Crippen LogP contribution is -2.34. The van der Waals surface area contributed by atoms with E-state index in [1.807, 2.05) is 0 Å². The smallest absolute Gasteiger partial charge is 0.246 e. The van der Waals surface area contributed by atoms with Crippen LogP contribution in [0.1, 0.15) is 11.9 Å². The minimum absolute atomic E-state index is 0.0443. The van der Waals surface area contributed by atoms with Gasteiger partial charge in [0.05, 0.1) is 13.2 Å². The van der Waals surface area contributed by atoms with Gasteiger partial charge in [-0.15, -0.1) is 0 Å². The Morgan fingerprint density at radius 2 is 2.11 bits per heavy atom. The highest BCUT2D eigenvalue weighted by atomic mass is 16.5. The Hall–Kier alpha value is -1.92. The van der Waals surface area contributed by atoms with Gasteiger partial charge >= 0.3 is 0 Å². The zero-order valence-corrected chi connectivity index (χ0v) is 9.67. The number of aromatic nitrogens is 2. The third kappa shape index (κ3) is 2.20. The van der Waals surface area contributed by atoms with Gasteiger partial charge in [-0.3, -0.25) is 0 Å². The second-order valence-corrected chi connectivity index (χ2v) is 4.08. The molecule has 2 aromatic rings. The third-order valence-electron chi connectivity index (χ3n) is 2.79. The van der Waals surface area contributed by atoms with Crippen molar-refractivity contribution in [3.63, 3.8) is 0 Å². The number of rotatable bonds is 2. The van der Waals surface area contributed by atoms with Gasteiger partial charge in [-0.2, -0.15) is 4.98 Å². The SMILES string of the molecule is Oc1ccc(-c2noc(C3COCCN3)n2)cc1. The van der Waals surface area contributed by atoms with Crippen molar-refractivity contribution >= 4 is 0 Å². The Kier molecular flexibility index (Phi) is 2.95. The van der Waals surface area contributed by atoms with E-state index >= 15 is 0 Å². The highest BCUT2D eigenvalue weighted by Gasteiger charge is 2.21. The molecule has 1 atom stereocenters. The normalized spacial score (nSPS) is 19.9. The molecule has 1 aliphatic rings. The predicted molar refractivity (Wildman–Crippen MR) is 63.0 cm³/mol. The predicted octanol–water partition coefficient (Wildman–Crippen LogP) is 1.10. The molecule has 94 valence electrons. The quantitative estimate of drug-likeness (QED) is 0.827. The topological polar surface area (TPSA) is 80.4 Å². The molecule has 0 saturated carbocycles. The summed E-state index contributed by atoms with van der Waals surface area (Å²) >= 11 is 0. The molecule has 1 aromatic carbocycles. The van der Waals surface area contributed by atoms with Crippen molar-refractivity contribution in [1.82, 2.24) is 15.5 Å². The molecule has 0 bridgehead atoms. The second-order valence-electron chi connectivity index (χ2n) is 4.08. The summed E-state index contributed by atoms with van der Waals surface area (Å²) < 4.78 is 10.6. The van der Waals surface area contributed by atoms with E-state index < -0.39 is 0 Å². The molecule has 1 unspecified atom stereocenters. The number of nitrogens with zero attached hydrogens (tertiary/aromatic N) is 2. The first-order chi connectivity index (χ1) is 8.83. The van der Waals surface area contributed by atoms with Crippen LogP contribution in [-0.4, -0.2) is 35.0 Å². The number of aromatic hydroxyl groups is 1. The first kappa shape index (κ1) is 11.2. The number of benzene rings is 1. The van der Waals surface area contributed by atoms with Crippen molar-refractivity contribution < 1.29 is 14.4 Å². The molecule has 6 heteroatoms. The van der Waals surface area contributed by atoms with Crippen LogP contribution in [0.25, 0.3) is 11.4 Å². The average Bonchev–Trinajstić information content (AvgIpc) is 2.90.